The molecule has 1 aromatic heterocycles. The quantitative estimate of drug-likeness (QED) is 0.892. The molecule has 0 bridgehead atoms. The SMILES string of the molecule is CC[C@@H]1CN([C@H](C)c2cccnc2)CCN1C[C@H](C)O. The van der Waals surface area contributed by atoms with Crippen LogP contribution < -0.4 is 0 Å². The first kappa shape index (κ1) is 15.4. The van der Waals surface area contributed by atoms with Gasteiger partial charge in [-0.15, -0.1) is 0 Å². The highest BCUT2D eigenvalue weighted by Crippen LogP contribution is 2.24. The largest absolute Gasteiger partial charge is 0.392 e. The summed E-state index contributed by atoms with van der Waals surface area (Å²) in [6, 6.07) is 5.11. The third-order valence-corrected chi connectivity index (χ3v) is 4.32. The normalized spacial score (nSPS) is 24.5. The van der Waals surface area contributed by atoms with Gasteiger partial charge in [-0.05, 0) is 31.9 Å². The van der Waals surface area contributed by atoms with E-state index in [0.29, 0.717) is 12.1 Å². The molecule has 0 aromatic carbocycles. The van der Waals surface area contributed by atoms with E-state index in [4.69, 9.17) is 0 Å². The fourth-order valence-corrected chi connectivity index (χ4v) is 3.07. The minimum absolute atomic E-state index is 0.244. The Kier molecular flexibility index (Phi) is 5.52. The van der Waals surface area contributed by atoms with Crippen LogP contribution in [0.4, 0.5) is 0 Å². The Hall–Kier alpha value is -0.970. The lowest BCUT2D eigenvalue weighted by Crippen LogP contribution is -2.54. The minimum atomic E-state index is -0.244. The summed E-state index contributed by atoms with van der Waals surface area (Å²) in [7, 11) is 0. The molecule has 0 saturated carbocycles. The molecule has 1 N–H and O–H groups in total. The van der Waals surface area contributed by atoms with Crippen molar-refractivity contribution in [2.45, 2.75) is 45.4 Å². The van der Waals surface area contributed by atoms with Crippen molar-refractivity contribution in [3.8, 4) is 0 Å². The van der Waals surface area contributed by atoms with Crippen LogP contribution in [-0.2, 0) is 0 Å². The molecule has 2 rings (SSSR count). The van der Waals surface area contributed by atoms with E-state index < -0.39 is 0 Å². The average molecular weight is 277 g/mol. The van der Waals surface area contributed by atoms with Gasteiger partial charge in [0.15, 0.2) is 0 Å². The Morgan fingerprint density at radius 3 is 2.80 bits per heavy atom. The Labute approximate surface area is 122 Å². The number of nitrogens with zero attached hydrogens (tertiary/aromatic N) is 3. The fraction of sp³-hybridized carbons (Fsp3) is 0.688. The number of aliphatic hydroxyl groups is 1. The number of β-amino-alcohol motifs (C(OH)–C–C–N with tert-alkyl or cyclic N) is 1. The summed E-state index contributed by atoms with van der Waals surface area (Å²) in [5, 5.41) is 9.61. The van der Waals surface area contributed by atoms with Crippen LogP contribution in [0, 0.1) is 0 Å². The van der Waals surface area contributed by atoms with Crippen molar-refractivity contribution in [3.05, 3.63) is 30.1 Å². The second kappa shape index (κ2) is 7.16. The highest BCUT2D eigenvalue weighted by atomic mass is 16.3. The van der Waals surface area contributed by atoms with Crippen LogP contribution >= 0.6 is 0 Å². The van der Waals surface area contributed by atoms with Crippen molar-refractivity contribution in [3.63, 3.8) is 0 Å². The fourth-order valence-electron chi connectivity index (χ4n) is 3.07. The van der Waals surface area contributed by atoms with E-state index in [2.05, 4.69) is 34.7 Å². The van der Waals surface area contributed by atoms with Gasteiger partial charge in [-0.1, -0.05) is 13.0 Å². The maximum atomic E-state index is 9.61. The lowest BCUT2D eigenvalue weighted by Gasteiger charge is -2.44. The highest BCUT2D eigenvalue weighted by Gasteiger charge is 2.29. The molecule has 1 aromatic rings. The maximum Gasteiger partial charge on any atom is 0.0639 e. The summed E-state index contributed by atoms with van der Waals surface area (Å²) in [5.74, 6) is 0. The summed E-state index contributed by atoms with van der Waals surface area (Å²) in [6.45, 7) is 10.3. The van der Waals surface area contributed by atoms with Gasteiger partial charge in [0.25, 0.3) is 0 Å². The Bertz CT molecular complexity index is 396. The summed E-state index contributed by atoms with van der Waals surface area (Å²) < 4.78 is 0. The summed E-state index contributed by atoms with van der Waals surface area (Å²) >= 11 is 0. The van der Waals surface area contributed by atoms with Crippen LogP contribution in [0.15, 0.2) is 24.5 Å². The molecule has 1 aliphatic rings. The van der Waals surface area contributed by atoms with Gasteiger partial charge in [0.1, 0.15) is 0 Å². The average Bonchev–Trinajstić information content (AvgIpc) is 2.47. The summed E-state index contributed by atoms with van der Waals surface area (Å²) in [4.78, 5) is 9.18. The van der Waals surface area contributed by atoms with E-state index in [1.807, 2.05) is 25.4 Å². The Balaban J connectivity index is 1.99. The molecule has 0 spiro atoms. The number of pyridine rings is 1. The van der Waals surface area contributed by atoms with E-state index in [1.54, 1.807) is 0 Å². The first-order valence-corrected chi connectivity index (χ1v) is 7.68. The zero-order chi connectivity index (χ0) is 14.5. The third kappa shape index (κ3) is 3.78. The van der Waals surface area contributed by atoms with Gasteiger partial charge in [0, 0.05) is 50.7 Å². The van der Waals surface area contributed by atoms with Gasteiger partial charge in [0.05, 0.1) is 6.10 Å². The number of hydrogen-bond acceptors (Lipinski definition) is 4. The molecule has 1 fully saturated rings. The van der Waals surface area contributed by atoms with E-state index >= 15 is 0 Å². The molecule has 4 heteroatoms. The van der Waals surface area contributed by atoms with Crippen molar-refractivity contribution in [2.24, 2.45) is 0 Å². The van der Waals surface area contributed by atoms with Crippen LogP contribution in [0.3, 0.4) is 0 Å². The van der Waals surface area contributed by atoms with E-state index in [-0.39, 0.29) is 6.10 Å². The van der Waals surface area contributed by atoms with Gasteiger partial charge in [-0.25, -0.2) is 0 Å². The molecule has 1 saturated heterocycles. The van der Waals surface area contributed by atoms with Gasteiger partial charge < -0.3 is 5.11 Å². The van der Waals surface area contributed by atoms with Gasteiger partial charge in [-0.3, -0.25) is 14.8 Å². The molecule has 2 heterocycles. The molecule has 112 valence electrons. The van der Waals surface area contributed by atoms with Crippen molar-refractivity contribution >= 4 is 0 Å². The molecule has 3 atom stereocenters. The summed E-state index contributed by atoms with van der Waals surface area (Å²) in [5.41, 5.74) is 1.28. The Morgan fingerprint density at radius 2 is 2.20 bits per heavy atom. The second-order valence-electron chi connectivity index (χ2n) is 5.86. The molecule has 0 radical (unpaired) electrons. The Morgan fingerprint density at radius 1 is 1.40 bits per heavy atom. The van der Waals surface area contributed by atoms with Crippen LogP contribution in [-0.4, -0.2) is 58.2 Å². The lowest BCUT2D eigenvalue weighted by molar-refractivity contribution is 0.0222. The third-order valence-electron chi connectivity index (χ3n) is 4.32. The van der Waals surface area contributed by atoms with Crippen molar-refractivity contribution in [1.29, 1.82) is 0 Å². The second-order valence-corrected chi connectivity index (χ2v) is 5.86. The molecule has 4 nitrogen and oxygen atoms in total. The molecule has 0 aliphatic carbocycles. The van der Waals surface area contributed by atoms with Gasteiger partial charge in [0.2, 0.25) is 0 Å². The highest BCUT2D eigenvalue weighted by molar-refractivity contribution is 5.13. The first-order valence-electron chi connectivity index (χ1n) is 7.68. The first-order chi connectivity index (χ1) is 9.61. The van der Waals surface area contributed by atoms with Gasteiger partial charge in [-0.2, -0.15) is 0 Å². The van der Waals surface area contributed by atoms with Crippen LogP contribution in [0.2, 0.25) is 0 Å². The number of piperazine rings is 1. The van der Waals surface area contributed by atoms with Gasteiger partial charge >= 0.3 is 0 Å². The number of aliphatic hydroxyl groups excluding tert-OH is 1. The molecule has 1 aliphatic heterocycles. The standard InChI is InChI=1S/C16H27N3O/c1-4-16-12-18(8-9-19(16)11-13(2)20)14(3)15-6-5-7-17-10-15/h5-7,10,13-14,16,20H,4,8-9,11-12H2,1-3H3/t13-,14+,16+/m0/s1. The maximum absolute atomic E-state index is 9.61. The molecular weight excluding hydrogens is 250 g/mol. The molecule has 0 unspecified atom stereocenters. The van der Waals surface area contributed by atoms with Crippen LogP contribution in [0.5, 0.6) is 0 Å². The number of aromatic nitrogens is 1. The lowest BCUT2D eigenvalue weighted by atomic mass is 10.0. The monoisotopic (exact) mass is 277 g/mol. The number of rotatable bonds is 5. The smallest absolute Gasteiger partial charge is 0.0639 e. The van der Waals surface area contributed by atoms with E-state index in [9.17, 15) is 5.11 Å². The zero-order valence-electron chi connectivity index (χ0n) is 12.9. The van der Waals surface area contributed by atoms with Crippen LogP contribution in [0.1, 0.15) is 38.8 Å². The van der Waals surface area contributed by atoms with E-state index in [1.165, 1.54) is 5.56 Å². The number of hydrogen-bond donors (Lipinski definition) is 1. The molecule has 20 heavy (non-hydrogen) atoms. The van der Waals surface area contributed by atoms with E-state index in [0.717, 1.165) is 32.6 Å². The van der Waals surface area contributed by atoms with Crippen molar-refractivity contribution < 1.29 is 5.11 Å². The van der Waals surface area contributed by atoms with Crippen LogP contribution in [0.25, 0.3) is 0 Å². The van der Waals surface area contributed by atoms with Crippen molar-refractivity contribution in [2.75, 3.05) is 26.2 Å². The van der Waals surface area contributed by atoms with Crippen molar-refractivity contribution in [1.82, 2.24) is 14.8 Å². The topological polar surface area (TPSA) is 39.6 Å². The predicted octanol–water partition coefficient (Wildman–Crippen LogP) is 1.92. The molecule has 0 amide bonds. The summed E-state index contributed by atoms with van der Waals surface area (Å²) in [6.07, 6.45) is 4.67. The minimum Gasteiger partial charge on any atom is -0.392 e. The predicted molar refractivity (Wildman–Crippen MR) is 81.6 cm³/mol. The molecular formula is C16H27N3O. The zero-order valence-corrected chi connectivity index (χ0v) is 12.9.